The number of hydrogen-bond donors (Lipinski definition) is 2. The lowest BCUT2D eigenvalue weighted by Crippen LogP contribution is -2.06. The van der Waals surface area contributed by atoms with E-state index in [0.29, 0.717) is 22.5 Å². The van der Waals surface area contributed by atoms with Crippen LogP contribution in [0.3, 0.4) is 0 Å². The van der Waals surface area contributed by atoms with Gasteiger partial charge in [-0.1, -0.05) is 18.5 Å². The number of nitrogens with zero attached hydrogens (tertiary/aromatic N) is 2. The molecule has 0 radical (unpaired) electrons. The summed E-state index contributed by atoms with van der Waals surface area (Å²) in [4.78, 5) is 8.67. The molecule has 0 aliphatic rings. The van der Waals surface area contributed by atoms with Crippen LogP contribution < -0.4 is 11.1 Å². The molecule has 0 bridgehead atoms. The Balaban J connectivity index is 2.42. The summed E-state index contributed by atoms with van der Waals surface area (Å²) in [6.07, 6.45) is 0.732. The summed E-state index contributed by atoms with van der Waals surface area (Å²) in [5, 5.41) is 3.89. The summed E-state index contributed by atoms with van der Waals surface area (Å²) < 4.78 is 0.909. The third kappa shape index (κ3) is 3.16. The molecular formula is C13H14BrClN4. The molecule has 19 heavy (non-hydrogen) atoms. The Morgan fingerprint density at radius 3 is 2.79 bits per heavy atom. The van der Waals surface area contributed by atoms with Crippen molar-refractivity contribution < 1.29 is 0 Å². The molecule has 0 atom stereocenters. The fraction of sp³-hybridized carbons (Fsp3) is 0.231. The Morgan fingerprint density at radius 2 is 2.11 bits per heavy atom. The first kappa shape index (κ1) is 14.1. The van der Waals surface area contributed by atoms with Crippen LogP contribution in [0.1, 0.15) is 18.3 Å². The van der Waals surface area contributed by atoms with Gasteiger partial charge in [-0.05, 0) is 41.1 Å². The van der Waals surface area contributed by atoms with Gasteiger partial charge in [0.15, 0.2) is 0 Å². The van der Waals surface area contributed by atoms with E-state index in [4.69, 9.17) is 17.3 Å². The first-order chi connectivity index (χ1) is 9.01. The number of aryl methyl sites for hydroxylation is 1. The van der Waals surface area contributed by atoms with Crippen molar-refractivity contribution in [1.82, 2.24) is 9.97 Å². The predicted molar refractivity (Wildman–Crippen MR) is 83.0 cm³/mol. The Labute approximate surface area is 125 Å². The monoisotopic (exact) mass is 340 g/mol. The number of nitrogens with two attached hydrogens (primary N) is 1. The van der Waals surface area contributed by atoms with Gasteiger partial charge in [-0.3, -0.25) is 0 Å². The number of nitrogen functional groups attached to an aromatic ring is 1. The molecule has 0 unspecified atom stereocenters. The van der Waals surface area contributed by atoms with E-state index in [9.17, 15) is 0 Å². The van der Waals surface area contributed by atoms with Crippen molar-refractivity contribution in [2.24, 2.45) is 0 Å². The molecule has 6 heteroatoms. The molecule has 3 N–H and O–H groups in total. The van der Waals surface area contributed by atoms with Crippen molar-refractivity contribution in [3.8, 4) is 0 Å². The van der Waals surface area contributed by atoms with Gasteiger partial charge in [0.05, 0.1) is 5.69 Å². The molecule has 0 aliphatic heterocycles. The molecule has 1 heterocycles. The zero-order valence-corrected chi connectivity index (χ0v) is 13.0. The second-order valence-electron chi connectivity index (χ2n) is 4.10. The van der Waals surface area contributed by atoms with Gasteiger partial charge in [-0.25, -0.2) is 9.97 Å². The molecule has 0 saturated heterocycles. The van der Waals surface area contributed by atoms with Gasteiger partial charge in [0.2, 0.25) is 0 Å². The third-order valence-corrected chi connectivity index (χ3v) is 3.65. The number of rotatable bonds is 3. The zero-order valence-electron chi connectivity index (χ0n) is 10.7. The predicted octanol–water partition coefficient (Wildman–Crippen LogP) is 4.09. The van der Waals surface area contributed by atoms with Crippen LogP contribution in [0.15, 0.2) is 22.7 Å². The van der Waals surface area contributed by atoms with E-state index in [1.54, 1.807) is 0 Å². The summed E-state index contributed by atoms with van der Waals surface area (Å²) in [5.74, 6) is 1.91. The van der Waals surface area contributed by atoms with Crippen LogP contribution in [0.25, 0.3) is 0 Å². The van der Waals surface area contributed by atoms with Crippen LogP contribution in [0, 0.1) is 6.92 Å². The third-order valence-electron chi connectivity index (χ3n) is 2.73. The van der Waals surface area contributed by atoms with Crippen molar-refractivity contribution in [3.63, 3.8) is 0 Å². The van der Waals surface area contributed by atoms with E-state index >= 15 is 0 Å². The Bertz CT molecular complexity index is 616. The van der Waals surface area contributed by atoms with Crippen molar-refractivity contribution >= 4 is 44.9 Å². The summed E-state index contributed by atoms with van der Waals surface area (Å²) in [7, 11) is 0. The van der Waals surface area contributed by atoms with Gasteiger partial charge in [-0.2, -0.15) is 0 Å². The molecule has 100 valence electrons. The lowest BCUT2D eigenvalue weighted by molar-refractivity contribution is 0.940. The number of aromatic nitrogens is 2. The number of nitrogens with one attached hydrogen (secondary N) is 1. The van der Waals surface area contributed by atoms with Crippen LogP contribution in [-0.4, -0.2) is 9.97 Å². The topological polar surface area (TPSA) is 63.8 Å². The van der Waals surface area contributed by atoms with E-state index in [2.05, 4.69) is 31.2 Å². The molecular weight excluding hydrogens is 328 g/mol. The summed E-state index contributed by atoms with van der Waals surface area (Å²) in [6, 6.07) is 5.52. The number of anilines is 3. The highest BCUT2D eigenvalue weighted by atomic mass is 79.9. The van der Waals surface area contributed by atoms with Gasteiger partial charge in [-0.15, -0.1) is 0 Å². The smallest absolute Gasteiger partial charge is 0.139 e. The second-order valence-corrected chi connectivity index (χ2v) is 5.39. The highest BCUT2D eigenvalue weighted by Gasteiger charge is 2.10. The molecule has 0 amide bonds. The highest BCUT2D eigenvalue weighted by molar-refractivity contribution is 9.10. The largest absolute Gasteiger partial charge is 0.383 e. The summed E-state index contributed by atoms with van der Waals surface area (Å²) in [5.41, 5.74) is 7.56. The first-order valence-corrected chi connectivity index (χ1v) is 7.03. The SMILES string of the molecule is CCc1nc(N)c(C)c(Nc2cc(Cl)ccc2Br)n1. The maximum absolute atomic E-state index is 5.99. The van der Waals surface area contributed by atoms with Crippen molar-refractivity contribution in [1.29, 1.82) is 0 Å². The van der Waals surface area contributed by atoms with Crippen molar-refractivity contribution in [3.05, 3.63) is 39.1 Å². The Morgan fingerprint density at radius 1 is 1.37 bits per heavy atom. The molecule has 0 aliphatic carbocycles. The number of benzene rings is 1. The van der Waals surface area contributed by atoms with Gasteiger partial charge in [0.1, 0.15) is 17.5 Å². The average Bonchev–Trinajstić information content (AvgIpc) is 2.38. The van der Waals surface area contributed by atoms with Gasteiger partial charge in [0, 0.05) is 21.5 Å². The van der Waals surface area contributed by atoms with Crippen molar-refractivity contribution in [2.45, 2.75) is 20.3 Å². The molecule has 0 fully saturated rings. The van der Waals surface area contributed by atoms with Crippen molar-refractivity contribution in [2.75, 3.05) is 11.1 Å². The lowest BCUT2D eigenvalue weighted by atomic mass is 10.2. The Kier molecular flexibility index (Phi) is 4.27. The summed E-state index contributed by atoms with van der Waals surface area (Å²) >= 11 is 9.47. The van der Waals surface area contributed by atoms with E-state index in [1.807, 2.05) is 32.0 Å². The van der Waals surface area contributed by atoms with Gasteiger partial charge >= 0.3 is 0 Å². The minimum Gasteiger partial charge on any atom is -0.383 e. The van der Waals surface area contributed by atoms with Crippen LogP contribution >= 0.6 is 27.5 Å². The first-order valence-electron chi connectivity index (χ1n) is 5.86. The van der Waals surface area contributed by atoms with Crippen LogP contribution in [0.4, 0.5) is 17.3 Å². The molecule has 2 aromatic rings. The van der Waals surface area contributed by atoms with Gasteiger partial charge < -0.3 is 11.1 Å². The molecule has 1 aromatic heterocycles. The molecule has 0 spiro atoms. The Hall–Kier alpha value is -1.33. The van der Waals surface area contributed by atoms with Gasteiger partial charge in [0.25, 0.3) is 0 Å². The number of hydrogen-bond acceptors (Lipinski definition) is 4. The zero-order chi connectivity index (χ0) is 14.0. The van der Waals surface area contributed by atoms with E-state index < -0.39 is 0 Å². The summed E-state index contributed by atoms with van der Waals surface area (Å²) in [6.45, 7) is 3.87. The average molecular weight is 342 g/mol. The fourth-order valence-electron chi connectivity index (χ4n) is 1.58. The van der Waals surface area contributed by atoms with E-state index in [-0.39, 0.29) is 0 Å². The second kappa shape index (κ2) is 5.75. The fourth-order valence-corrected chi connectivity index (χ4v) is 2.10. The molecule has 2 rings (SSSR count). The minimum atomic E-state index is 0.493. The van der Waals surface area contributed by atoms with Crippen LogP contribution in [0.2, 0.25) is 5.02 Å². The number of halogens is 2. The van der Waals surface area contributed by atoms with Crippen LogP contribution in [0.5, 0.6) is 0 Å². The lowest BCUT2D eigenvalue weighted by Gasteiger charge is -2.13. The van der Waals surface area contributed by atoms with E-state index in [0.717, 1.165) is 22.1 Å². The standard InChI is InChI=1S/C13H14BrClN4/c1-3-11-18-12(16)7(2)13(19-11)17-10-6-8(15)4-5-9(10)14/h4-6H,3H2,1-2H3,(H3,16,17,18,19). The molecule has 4 nitrogen and oxygen atoms in total. The minimum absolute atomic E-state index is 0.493. The van der Waals surface area contributed by atoms with E-state index in [1.165, 1.54) is 0 Å². The maximum Gasteiger partial charge on any atom is 0.139 e. The molecule has 0 saturated carbocycles. The highest BCUT2D eigenvalue weighted by Crippen LogP contribution is 2.30. The normalized spacial score (nSPS) is 10.5. The maximum atomic E-state index is 5.99. The quantitative estimate of drug-likeness (QED) is 0.882. The molecule has 1 aromatic carbocycles. The van der Waals surface area contributed by atoms with Crippen LogP contribution in [-0.2, 0) is 6.42 Å².